The summed E-state index contributed by atoms with van der Waals surface area (Å²) >= 11 is 0. The third-order valence-electron chi connectivity index (χ3n) is 5.44. The third kappa shape index (κ3) is 3.69. The number of aromatic nitrogens is 1. The first-order chi connectivity index (χ1) is 14.8. The number of carbonyl (C=O) groups is 1. The molecule has 0 bridgehead atoms. The summed E-state index contributed by atoms with van der Waals surface area (Å²) in [7, 11) is 0. The normalized spacial score (nSPS) is 14.2. The topological polar surface area (TPSA) is 59.6 Å². The van der Waals surface area contributed by atoms with Gasteiger partial charge in [0.05, 0.1) is 25.0 Å². The van der Waals surface area contributed by atoms with E-state index in [1.807, 2.05) is 53.1 Å². The highest BCUT2D eigenvalue weighted by Gasteiger charge is 2.18. The number of benzene rings is 2. The average Bonchev–Trinajstić information content (AvgIpc) is 3.38. The number of rotatable bonds is 5. The van der Waals surface area contributed by atoms with E-state index in [-0.39, 0.29) is 5.91 Å². The molecule has 1 aliphatic rings. The second-order valence-electron chi connectivity index (χ2n) is 7.37. The predicted octanol–water partition coefficient (Wildman–Crippen LogP) is 4.37. The lowest BCUT2D eigenvalue weighted by atomic mass is 10.2. The molecule has 0 unspecified atom stereocenters. The van der Waals surface area contributed by atoms with Crippen molar-refractivity contribution in [1.29, 1.82) is 0 Å². The van der Waals surface area contributed by atoms with Gasteiger partial charge in [0.2, 0.25) is 0 Å². The minimum Gasteiger partial charge on any atom is -0.463 e. The van der Waals surface area contributed by atoms with Crippen molar-refractivity contribution in [3.8, 4) is 0 Å². The number of hydrogen-bond acceptors (Lipinski definition) is 4. The number of fused-ring (bicyclic) bond motifs is 1. The SMILES string of the molecule is O=C(Nc1ccc(N2CCOCC2)cc1)c1cc2occc2n1Cc1ccccc1. The van der Waals surface area contributed by atoms with E-state index in [9.17, 15) is 4.79 Å². The number of hydrogen-bond donors (Lipinski definition) is 1. The molecule has 0 atom stereocenters. The van der Waals surface area contributed by atoms with E-state index in [4.69, 9.17) is 9.15 Å². The Morgan fingerprint density at radius 3 is 2.50 bits per heavy atom. The summed E-state index contributed by atoms with van der Waals surface area (Å²) in [4.78, 5) is 15.4. The molecule has 5 rings (SSSR count). The van der Waals surface area contributed by atoms with Gasteiger partial charge in [0.15, 0.2) is 5.58 Å². The minimum absolute atomic E-state index is 0.156. The largest absolute Gasteiger partial charge is 0.463 e. The highest BCUT2D eigenvalue weighted by molar-refractivity contribution is 6.06. The van der Waals surface area contributed by atoms with Crippen LogP contribution in [0.1, 0.15) is 16.1 Å². The second kappa shape index (κ2) is 8.08. The van der Waals surface area contributed by atoms with Crippen molar-refractivity contribution in [2.75, 3.05) is 36.5 Å². The van der Waals surface area contributed by atoms with Gasteiger partial charge in [-0.3, -0.25) is 4.79 Å². The number of ether oxygens (including phenoxy) is 1. The highest BCUT2D eigenvalue weighted by atomic mass is 16.5. The Bertz CT molecular complexity index is 1140. The lowest BCUT2D eigenvalue weighted by molar-refractivity contribution is 0.101. The zero-order chi connectivity index (χ0) is 20.3. The monoisotopic (exact) mass is 401 g/mol. The molecular formula is C24H23N3O3. The molecule has 6 heteroatoms. The number of anilines is 2. The maximum atomic E-state index is 13.1. The molecule has 30 heavy (non-hydrogen) atoms. The van der Waals surface area contributed by atoms with Crippen molar-refractivity contribution in [3.63, 3.8) is 0 Å². The van der Waals surface area contributed by atoms with E-state index >= 15 is 0 Å². The minimum atomic E-state index is -0.156. The summed E-state index contributed by atoms with van der Waals surface area (Å²) < 4.78 is 12.9. The smallest absolute Gasteiger partial charge is 0.272 e. The van der Waals surface area contributed by atoms with Crippen molar-refractivity contribution in [2.24, 2.45) is 0 Å². The third-order valence-corrected chi connectivity index (χ3v) is 5.44. The fraction of sp³-hybridized carbons (Fsp3) is 0.208. The number of amides is 1. The van der Waals surface area contributed by atoms with Crippen LogP contribution in [0.3, 0.4) is 0 Å². The van der Waals surface area contributed by atoms with Crippen LogP contribution < -0.4 is 10.2 Å². The molecule has 0 saturated carbocycles. The van der Waals surface area contributed by atoms with Crippen molar-refractivity contribution in [2.45, 2.75) is 6.54 Å². The molecule has 3 heterocycles. The Kier molecular flexibility index (Phi) is 4.99. The number of nitrogens with zero attached hydrogens (tertiary/aromatic N) is 2. The van der Waals surface area contributed by atoms with Crippen LogP contribution in [-0.2, 0) is 11.3 Å². The summed E-state index contributed by atoms with van der Waals surface area (Å²) in [6.45, 7) is 3.87. The number of carbonyl (C=O) groups excluding carboxylic acids is 1. The molecule has 1 saturated heterocycles. The summed E-state index contributed by atoms with van der Waals surface area (Å²) in [5.41, 5.74) is 5.22. The van der Waals surface area contributed by atoms with Crippen LogP contribution >= 0.6 is 0 Å². The molecule has 152 valence electrons. The quantitative estimate of drug-likeness (QED) is 0.539. The molecule has 0 radical (unpaired) electrons. The van der Waals surface area contributed by atoms with Gasteiger partial charge in [-0.1, -0.05) is 30.3 Å². The molecule has 1 N–H and O–H groups in total. The molecule has 2 aromatic carbocycles. The number of furan rings is 1. The van der Waals surface area contributed by atoms with E-state index < -0.39 is 0 Å². The van der Waals surface area contributed by atoms with Crippen LogP contribution in [0.2, 0.25) is 0 Å². The van der Waals surface area contributed by atoms with Crippen molar-refractivity contribution < 1.29 is 13.9 Å². The van der Waals surface area contributed by atoms with Gasteiger partial charge in [-0.15, -0.1) is 0 Å². The van der Waals surface area contributed by atoms with Gasteiger partial charge < -0.3 is 23.9 Å². The van der Waals surface area contributed by atoms with Crippen molar-refractivity contribution in [1.82, 2.24) is 4.57 Å². The molecule has 4 aromatic rings. The van der Waals surface area contributed by atoms with E-state index in [0.29, 0.717) is 17.8 Å². The van der Waals surface area contributed by atoms with Gasteiger partial charge in [-0.25, -0.2) is 0 Å². The summed E-state index contributed by atoms with van der Waals surface area (Å²) in [6, 6.07) is 21.8. The van der Waals surface area contributed by atoms with Gasteiger partial charge in [-0.2, -0.15) is 0 Å². The van der Waals surface area contributed by atoms with Crippen LogP contribution in [0.5, 0.6) is 0 Å². The maximum absolute atomic E-state index is 13.1. The van der Waals surface area contributed by atoms with Crippen LogP contribution in [0.15, 0.2) is 77.4 Å². The van der Waals surface area contributed by atoms with Gasteiger partial charge in [0, 0.05) is 43.1 Å². The second-order valence-corrected chi connectivity index (χ2v) is 7.37. The Hall–Kier alpha value is -3.51. The summed E-state index contributed by atoms with van der Waals surface area (Å²) in [6.07, 6.45) is 1.65. The molecule has 1 amide bonds. The molecule has 0 spiro atoms. The lowest BCUT2D eigenvalue weighted by Gasteiger charge is -2.28. The van der Waals surface area contributed by atoms with E-state index in [1.165, 1.54) is 0 Å². The Morgan fingerprint density at radius 2 is 1.73 bits per heavy atom. The highest BCUT2D eigenvalue weighted by Crippen LogP contribution is 2.24. The fourth-order valence-electron chi connectivity index (χ4n) is 3.87. The van der Waals surface area contributed by atoms with E-state index in [0.717, 1.165) is 48.8 Å². The predicted molar refractivity (Wildman–Crippen MR) is 117 cm³/mol. The van der Waals surface area contributed by atoms with Crippen LogP contribution in [0, 0.1) is 0 Å². The van der Waals surface area contributed by atoms with E-state index in [1.54, 1.807) is 12.3 Å². The molecular weight excluding hydrogens is 378 g/mol. The van der Waals surface area contributed by atoms with Gasteiger partial charge in [0.1, 0.15) is 5.69 Å². The van der Waals surface area contributed by atoms with Crippen LogP contribution in [0.25, 0.3) is 11.1 Å². The number of nitrogens with one attached hydrogen (secondary N) is 1. The molecule has 0 aliphatic carbocycles. The standard InChI is InChI=1S/C24H23N3O3/c28-24(25-19-6-8-20(9-7-19)26-11-14-29-15-12-26)22-16-23-21(10-13-30-23)27(22)17-18-4-2-1-3-5-18/h1-10,13,16H,11-12,14-15,17H2,(H,25,28). The first-order valence-corrected chi connectivity index (χ1v) is 10.1. The molecule has 1 aliphatic heterocycles. The first kappa shape index (κ1) is 18.5. The summed E-state index contributed by atoms with van der Waals surface area (Å²) in [5.74, 6) is -0.156. The Morgan fingerprint density at radius 1 is 0.967 bits per heavy atom. The van der Waals surface area contributed by atoms with Gasteiger partial charge >= 0.3 is 0 Å². The Balaban J connectivity index is 1.37. The van der Waals surface area contributed by atoms with Crippen LogP contribution in [-0.4, -0.2) is 36.8 Å². The maximum Gasteiger partial charge on any atom is 0.272 e. The van der Waals surface area contributed by atoms with Gasteiger partial charge in [-0.05, 0) is 29.8 Å². The van der Waals surface area contributed by atoms with Crippen molar-refractivity contribution >= 4 is 28.4 Å². The molecule has 1 fully saturated rings. The average molecular weight is 401 g/mol. The zero-order valence-electron chi connectivity index (χ0n) is 16.6. The van der Waals surface area contributed by atoms with Crippen LogP contribution in [0.4, 0.5) is 11.4 Å². The summed E-state index contributed by atoms with van der Waals surface area (Å²) in [5, 5.41) is 3.02. The van der Waals surface area contributed by atoms with E-state index in [2.05, 4.69) is 22.3 Å². The van der Waals surface area contributed by atoms with Gasteiger partial charge in [0.25, 0.3) is 5.91 Å². The lowest BCUT2D eigenvalue weighted by Crippen LogP contribution is -2.36. The zero-order valence-corrected chi connectivity index (χ0v) is 16.6. The molecule has 2 aromatic heterocycles. The number of morpholine rings is 1. The Labute approximate surface area is 174 Å². The molecule has 6 nitrogen and oxygen atoms in total. The fourth-order valence-corrected chi connectivity index (χ4v) is 3.87. The first-order valence-electron chi connectivity index (χ1n) is 10.1. The van der Waals surface area contributed by atoms with Crippen molar-refractivity contribution in [3.05, 3.63) is 84.3 Å².